The number of hydrogen-bond acceptors (Lipinski definition) is 15. The van der Waals surface area contributed by atoms with Crippen molar-refractivity contribution in [3.63, 3.8) is 0 Å². The predicted molar refractivity (Wildman–Crippen MR) is 177 cm³/mol. The molecular weight excluding hydrogens is 712 g/mol. The van der Waals surface area contributed by atoms with Crippen LogP contribution in [0.25, 0.3) is 0 Å². The van der Waals surface area contributed by atoms with Gasteiger partial charge in [0.05, 0.1) is 39.1 Å². The van der Waals surface area contributed by atoms with Gasteiger partial charge in [-0.2, -0.15) is 0 Å². The van der Waals surface area contributed by atoms with Crippen molar-refractivity contribution in [2.24, 2.45) is 5.92 Å². The SMILES string of the molecule is COC(=O)[C@@]1(OCC2CCOCC2)C[C@H](OC(C)=O)C(NC(=O)COC(C)=O)[C@H]([C@H](OC(C)=O)[C@@H](CNC(=O)Cc2ccc(Cl)cc2)OC(C)=O)O1. The number of methoxy groups -OCH3 is 1. The molecule has 0 bridgehead atoms. The van der Waals surface area contributed by atoms with Gasteiger partial charge in [0.2, 0.25) is 5.91 Å². The minimum absolute atomic E-state index is 0.0339. The number of amides is 2. The van der Waals surface area contributed by atoms with Gasteiger partial charge in [0.1, 0.15) is 12.2 Å². The Morgan fingerprint density at radius 3 is 2.13 bits per heavy atom. The van der Waals surface area contributed by atoms with Crippen molar-refractivity contribution in [1.29, 1.82) is 0 Å². The first-order valence-electron chi connectivity index (χ1n) is 16.6. The fraction of sp³-hybridized carbons (Fsp3) is 0.618. The van der Waals surface area contributed by atoms with Crippen LogP contribution in [0.1, 0.15) is 52.5 Å². The van der Waals surface area contributed by atoms with E-state index in [2.05, 4.69) is 10.6 Å². The minimum Gasteiger partial charge on any atom is -0.465 e. The van der Waals surface area contributed by atoms with E-state index < -0.39 is 97.5 Å². The standard InChI is InChI=1S/C34H45ClN2O15/c1-19(38)47-18-29(43)37-30-26(49-20(2)39)15-34(33(44)45-5,48-17-24-10-12-46-13-11-24)52-32(30)31(51-22(4)41)27(50-21(3)40)16-36-28(42)14-23-6-8-25(35)9-7-23/h6-9,24,26-27,30-32H,10-18H2,1-5H3,(H,36,42)(H,37,43)/t26-,27+,30?,31+,32+,34+/m0/s1. The van der Waals surface area contributed by atoms with Gasteiger partial charge in [0.15, 0.2) is 18.8 Å². The molecule has 2 N–H and O–H groups in total. The Kier molecular flexibility index (Phi) is 16.2. The number of ether oxygens (including phenoxy) is 8. The van der Waals surface area contributed by atoms with Crippen molar-refractivity contribution in [1.82, 2.24) is 10.6 Å². The third-order valence-electron chi connectivity index (χ3n) is 8.08. The van der Waals surface area contributed by atoms with Gasteiger partial charge in [-0.05, 0) is 36.5 Å². The van der Waals surface area contributed by atoms with Crippen LogP contribution in [0.5, 0.6) is 0 Å². The zero-order chi connectivity index (χ0) is 38.4. The summed E-state index contributed by atoms with van der Waals surface area (Å²) < 4.78 is 44.7. The second-order valence-electron chi connectivity index (χ2n) is 12.2. The molecule has 1 aromatic rings. The Bertz CT molecular complexity index is 1430. The monoisotopic (exact) mass is 756 g/mol. The summed E-state index contributed by atoms with van der Waals surface area (Å²) in [5.41, 5.74) is 0.613. The van der Waals surface area contributed by atoms with Crippen LogP contribution in [0.4, 0.5) is 0 Å². The molecule has 52 heavy (non-hydrogen) atoms. The molecule has 6 atom stereocenters. The molecule has 1 aromatic carbocycles. The van der Waals surface area contributed by atoms with Gasteiger partial charge in [-0.1, -0.05) is 23.7 Å². The van der Waals surface area contributed by atoms with Gasteiger partial charge in [-0.15, -0.1) is 0 Å². The van der Waals surface area contributed by atoms with E-state index in [4.69, 9.17) is 49.5 Å². The summed E-state index contributed by atoms with van der Waals surface area (Å²) >= 11 is 5.95. The number of benzene rings is 1. The largest absolute Gasteiger partial charge is 0.465 e. The fourth-order valence-corrected chi connectivity index (χ4v) is 5.89. The first-order chi connectivity index (χ1) is 24.6. The molecule has 2 fully saturated rings. The van der Waals surface area contributed by atoms with Crippen molar-refractivity contribution >= 4 is 53.3 Å². The molecule has 3 rings (SSSR count). The summed E-state index contributed by atoms with van der Waals surface area (Å²) in [6.45, 7) is 3.96. The summed E-state index contributed by atoms with van der Waals surface area (Å²) in [5.74, 6) is -8.20. The van der Waals surface area contributed by atoms with E-state index >= 15 is 0 Å². The van der Waals surface area contributed by atoms with E-state index in [0.717, 1.165) is 34.8 Å². The van der Waals surface area contributed by atoms with E-state index in [9.17, 15) is 33.6 Å². The van der Waals surface area contributed by atoms with Crippen LogP contribution in [-0.4, -0.2) is 118 Å². The van der Waals surface area contributed by atoms with Crippen LogP contribution in [0.3, 0.4) is 0 Å². The average molecular weight is 757 g/mol. The van der Waals surface area contributed by atoms with Crippen LogP contribution < -0.4 is 10.6 Å². The smallest absolute Gasteiger partial charge is 0.366 e. The van der Waals surface area contributed by atoms with Crippen LogP contribution in [-0.2, 0) is 77.9 Å². The van der Waals surface area contributed by atoms with Crippen molar-refractivity contribution in [3.8, 4) is 0 Å². The molecule has 0 radical (unpaired) electrons. The van der Waals surface area contributed by atoms with Crippen LogP contribution >= 0.6 is 11.6 Å². The van der Waals surface area contributed by atoms with Crippen molar-refractivity contribution < 1.29 is 71.5 Å². The molecule has 2 aliphatic heterocycles. The molecule has 288 valence electrons. The zero-order valence-electron chi connectivity index (χ0n) is 29.6. The van der Waals surface area contributed by atoms with E-state index in [1.54, 1.807) is 24.3 Å². The Labute approximate surface area is 305 Å². The zero-order valence-corrected chi connectivity index (χ0v) is 30.4. The second-order valence-corrected chi connectivity index (χ2v) is 12.7. The molecule has 18 heteroatoms. The van der Waals surface area contributed by atoms with Gasteiger partial charge in [0, 0.05) is 45.9 Å². The Balaban J connectivity index is 2.09. The number of nitrogens with one attached hydrogen (secondary N) is 2. The Morgan fingerprint density at radius 2 is 1.56 bits per heavy atom. The number of esters is 5. The number of hydrogen-bond donors (Lipinski definition) is 2. The minimum atomic E-state index is -2.31. The van der Waals surface area contributed by atoms with E-state index in [0.29, 0.717) is 36.6 Å². The summed E-state index contributed by atoms with van der Waals surface area (Å²) in [4.78, 5) is 88.8. The molecular formula is C34H45ClN2O15. The van der Waals surface area contributed by atoms with Gasteiger partial charge >= 0.3 is 29.8 Å². The highest BCUT2D eigenvalue weighted by atomic mass is 35.5. The predicted octanol–water partition coefficient (Wildman–Crippen LogP) is 0.943. The normalized spacial score (nSPS) is 22.8. The van der Waals surface area contributed by atoms with E-state index in [1.165, 1.54) is 0 Å². The summed E-state index contributed by atoms with van der Waals surface area (Å²) in [6, 6.07) is 5.05. The molecule has 17 nitrogen and oxygen atoms in total. The lowest BCUT2D eigenvalue weighted by atomic mass is 9.87. The summed E-state index contributed by atoms with van der Waals surface area (Å²) in [7, 11) is 1.08. The van der Waals surface area contributed by atoms with Gasteiger partial charge in [-0.25, -0.2) is 4.79 Å². The molecule has 0 aliphatic carbocycles. The maximum atomic E-state index is 13.6. The maximum absolute atomic E-state index is 13.6. The molecule has 2 amide bonds. The summed E-state index contributed by atoms with van der Waals surface area (Å²) in [6.07, 6.45) is -5.76. The lowest BCUT2D eigenvalue weighted by Crippen LogP contribution is -2.70. The van der Waals surface area contributed by atoms with Gasteiger partial charge in [-0.3, -0.25) is 28.8 Å². The lowest BCUT2D eigenvalue weighted by molar-refractivity contribution is -0.316. The Hall–Kier alpha value is -4.32. The maximum Gasteiger partial charge on any atom is 0.366 e. The molecule has 0 saturated carbocycles. The average Bonchev–Trinajstić information content (AvgIpc) is 3.08. The molecule has 2 heterocycles. The number of rotatable bonds is 16. The molecule has 0 spiro atoms. The number of carbonyl (C=O) groups is 7. The van der Waals surface area contributed by atoms with Crippen LogP contribution in [0.15, 0.2) is 24.3 Å². The topological polar surface area (TPSA) is 217 Å². The Morgan fingerprint density at radius 1 is 0.904 bits per heavy atom. The third kappa shape index (κ3) is 13.0. The highest BCUT2D eigenvalue weighted by Gasteiger charge is 2.59. The fourth-order valence-electron chi connectivity index (χ4n) is 5.77. The van der Waals surface area contributed by atoms with Gasteiger partial charge in [0.25, 0.3) is 11.7 Å². The third-order valence-corrected chi connectivity index (χ3v) is 8.33. The first kappa shape index (κ1) is 42.1. The van der Waals surface area contributed by atoms with E-state index in [-0.39, 0.29) is 18.9 Å². The lowest BCUT2D eigenvalue weighted by Gasteiger charge is -2.48. The highest BCUT2D eigenvalue weighted by molar-refractivity contribution is 6.30. The molecule has 2 saturated heterocycles. The first-order valence-corrected chi connectivity index (χ1v) is 16.9. The van der Waals surface area contributed by atoms with Crippen LogP contribution in [0, 0.1) is 5.92 Å². The highest BCUT2D eigenvalue weighted by Crippen LogP contribution is 2.38. The molecule has 2 aliphatic rings. The number of carbonyl (C=O) groups excluding carboxylic acids is 7. The quantitative estimate of drug-likeness (QED) is 0.177. The van der Waals surface area contributed by atoms with Crippen molar-refractivity contribution in [3.05, 3.63) is 34.9 Å². The second kappa shape index (κ2) is 20.1. The molecule has 0 aromatic heterocycles. The van der Waals surface area contributed by atoms with Crippen molar-refractivity contribution in [2.45, 2.75) is 89.6 Å². The van der Waals surface area contributed by atoms with Gasteiger partial charge < -0.3 is 48.5 Å². The van der Waals surface area contributed by atoms with Crippen LogP contribution in [0.2, 0.25) is 5.02 Å². The summed E-state index contributed by atoms with van der Waals surface area (Å²) in [5, 5.41) is 5.68. The number of halogens is 1. The van der Waals surface area contributed by atoms with Crippen molar-refractivity contribution in [2.75, 3.05) is 40.1 Å². The van der Waals surface area contributed by atoms with E-state index in [1.807, 2.05) is 0 Å². The molecule has 1 unspecified atom stereocenters.